The van der Waals surface area contributed by atoms with Gasteiger partial charge in [-0.25, -0.2) is 14.2 Å². The number of ketones is 1. The molecule has 7 nitrogen and oxygen atoms in total. The van der Waals surface area contributed by atoms with E-state index >= 15 is 0 Å². The Morgan fingerprint density at radius 3 is 2.96 bits per heavy atom. The van der Waals surface area contributed by atoms with E-state index < -0.39 is 11.9 Å². The van der Waals surface area contributed by atoms with Gasteiger partial charge in [0.05, 0.1) is 23.9 Å². The Hall–Kier alpha value is -3.55. The van der Waals surface area contributed by atoms with Crippen LogP contribution in [0, 0.1) is 5.82 Å². The summed E-state index contributed by atoms with van der Waals surface area (Å²) in [7, 11) is 1.25. The molecule has 0 saturated heterocycles. The lowest BCUT2D eigenvalue weighted by Gasteiger charge is -2.17. The van der Waals surface area contributed by atoms with Crippen molar-refractivity contribution < 1.29 is 18.7 Å². The van der Waals surface area contributed by atoms with Gasteiger partial charge in [0.1, 0.15) is 12.4 Å². The van der Waals surface area contributed by atoms with E-state index in [0.717, 1.165) is 0 Å². The number of methoxy groups -OCH3 is 1. The van der Waals surface area contributed by atoms with Crippen LogP contribution in [0.5, 0.6) is 0 Å². The lowest BCUT2D eigenvalue weighted by Crippen LogP contribution is -2.21. The molecule has 0 unspecified atom stereocenters. The van der Waals surface area contributed by atoms with Crippen LogP contribution in [0.3, 0.4) is 0 Å². The minimum Gasteiger partial charge on any atom is -0.453 e. The molecule has 1 aliphatic rings. The Balaban J connectivity index is 1.78. The zero-order chi connectivity index (χ0) is 18.3. The molecule has 0 radical (unpaired) electrons. The molecule has 0 bridgehead atoms. The minimum atomic E-state index is -0.643. The fourth-order valence-electron chi connectivity index (χ4n) is 2.91. The normalized spacial score (nSPS) is 13.3. The molecule has 8 heteroatoms. The molecule has 1 amide bonds. The maximum atomic E-state index is 14.4. The Bertz CT molecular complexity index is 1090. The first-order chi connectivity index (χ1) is 12.6. The lowest BCUT2D eigenvalue weighted by molar-refractivity contribution is 0.0999. The summed E-state index contributed by atoms with van der Waals surface area (Å²) >= 11 is 0. The molecule has 3 aromatic rings. The number of imidazole rings is 1. The summed E-state index contributed by atoms with van der Waals surface area (Å²) in [4.78, 5) is 34.7. The third-order valence-electron chi connectivity index (χ3n) is 4.09. The van der Waals surface area contributed by atoms with Gasteiger partial charge >= 0.3 is 6.09 Å². The number of benzene rings is 2. The van der Waals surface area contributed by atoms with Crippen molar-refractivity contribution in [2.45, 2.75) is 0 Å². The van der Waals surface area contributed by atoms with Crippen LogP contribution >= 0.6 is 0 Å². The molecule has 0 atom stereocenters. The van der Waals surface area contributed by atoms with E-state index in [1.807, 2.05) is 0 Å². The molecule has 130 valence electrons. The van der Waals surface area contributed by atoms with Crippen molar-refractivity contribution in [3.8, 4) is 0 Å². The summed E-state index contributed by atoms with van der Waals surface area (Å²) in [6, 6.07) is 9.63. The summed E-state index contributed by atoms with van der Waals surface area (Å²) in [6.45, 7) is -0.0258. The van der Waals surface area contributed by atoms with Crippen LogP contribution in [0.1, 0.15) is 21.5 Å². The Morgan fingerprint density at radius 1 is 1.31 bits per heavy atom. The van der Waals surface area contributed by atoms with E-state index in [4.69, 9.17) is 0 Å². The van der Waals surface area contributed by atoms with Crippen LogP contribution < -0.4 is 5.32 Å². The molecule has 1 aromatic heterocycles. The van der Waals surface area contributed by atoms with E-state index in [9.17, 15) is 14.0 Å². The van der Waals surface area contributed by atoms with Gasteiger partial charge in [-0.05, 0) is 18.2 Å². The van der Waals surface area contributed by atoms with E-state index in [2.05, 4.69) is 25.0 Å². The van der Waals surface area contributed by atoms with Gasteiger partial charge in [0, 0.05) is 16.7 Å². The molecule has 2 heterocycles. The number of hydrogen-bond donors (Lipinski definition) is 2. The highest BCUT2D eigenvalue weighted by Crippen LogP contribution is 2.25. The highest BCUT2D eigenvalue weighted by Gasteiger charge is 2.25. The second-order valence-corrected chi connectivity index (χ2v) is 5.68. The number of aromatic amines is 1. The number of aromatic nitrogens is 2. The summed E-state index contributed by atoms with van der Waals surface area (Å²) in [5.41, 5.74) is 2.83. The molecule has 1 aliphatic heterocycles. The SMILES string of the molecule is COC(=O)Nc1nc2ccc(C3=NCC(=O)c4cccc(F)c43)cc2[nH]1. The molecule has 0 spiro atoms. The topological polar surface area (TPSA) is 96.4 Å². The van der Waals surface area contributed by atoms with Gasteiger partial charge in [-0.3, -0.25) is 15.1 Å². The van der Waals surface area contributed by atoms with Crippen molar-refractivity contribution in [1.29, 1.82) is 0 Å². The van der Waals surface area contributed by atoms with Crippen molar-refractivity contribution in [3.63, 3.8) is 0 Å². The third kappa shape index (κ3) is 2.61. The smallest absolute Gasteiger partial charge is 0.413 e. The number of carbonyl (C=O) groups excluding carboxylic acids is 2. The number of nitrogens with zero attached hydrogens (tertiary/aromatic N) is 2. The Labute approximate surface area is 146 Å². The fraction of sp³-hybridized carbons (Fsp3) is 0.111. The molecular weight excluding hydrogens is 339 g/mol. The van der Waals surface area contributed by atoms with E-state index in [-0.39, 0.29) is 23.8 Å². The minimum absolute atomic E-state index is 0.0258. The first-order valence-electron chi connectivity index (χ1n) is 7.78. The number of anilines is 1. The molecule has 0 aliphatic carbocycles. The van der Waals surface area contributed by atoms with Gasteiger partial charge in [0.25, 0.3) is 0 Å². The summed E-state index contributed by atoms with van der Waals surface area (Å²) in [5.74, 6) is -0.473. The van der Waals surface area contributed by atoms with Gasteiger partial charge in [-0.2, -0.15) is 0 Å². The number of hydrogen-bond acceptors (Lipinski definition) is 5. The van der Waals surface area contributed by atoms with Crippen molar-refractivity contribution >= 4 is 34.6 Å². The van der Waals surface area contributed by atoms with Gasteiger partial charge in [-0.15, -0.1) is 0 Å². The van der Waals surface area contributed by atoms with Gasteiger partial charge in [0.15, 0.2) is 5.78 Å². The quantitative estimate of drug-likeness (QED) is 0.741. The van der Waals surface area contributed by atoms with Crippen LogP contribution in [-0.2, 0) is 4.74 Å². The number of carbonyl (C=O) groups is 2. The second-order valence-electron chi connectivity index (χ2n) is 5.68. The monoisotopic (exact) mass is 352 g/mol. The average molecular weight is 352 g/mol. The molecule has 26 heavy (non-hydrogen) atoms. The van der Waals surface area contributed by atoms with Gasteiger partial charge in [0.2, 0.25) is 5.95 Å². The molecule has 0 fully saturated rings. The van der Waals surface area contributed by atoms with Crippen LogP contribution in [0.4, 0.5) is 15.1 Å². The van der Waals surface area contributed by atoms with E-state index in [1.165, 1.54) is 19.2 Å². The highest BCUT2D eigenvalue weighted by molar-refractivity contribution is 6.22. The van der Waals surface area contributed by atoms with E-state index in [0.29, 0.717) is 27.9 Å². The number of nitrogens with one attached hydrogen (secondary N) is 2. The summed E-state index contributed by atoms with van der Waals surface area (Å²) < 4.78 is 18.9. The number of amides is 1. The number of Topliss-reactive ketones (excluding diaryl/α,β-unsaturated/α-hetero) is 1. The second kappa shape index (κ2) is 6.07. The van der Waals surface area contributed by atoms with E-state index in [1.54, 1.807) is 24.3 Å². The van der Waals surface area contributed by atoms with Gasteiger partial charge < -0.3 is 9.72 Å². The average Bonchev–Trinajstić information content (AvgIpc) is 3.04. The predicted molar refractivity (Wildman–Crippen MR) is 93.4 cm³/mol. The zero-order valence-corrected chi connectivity index (χ0v) is 13.7. The number of rotatable bonds is 2. The number of H-pyrrole nitrogens is 1. The standard InChI is InChI=1S/C18H13FN4O3/c1-26-18(25)23-17-21-12-6-5-9(7-13(12)22-17)16-15-10(14(24)8-20-16)3-2-4-11(15)19/h2-7H,8H2,1H3,(H2,21,22,23,25). The summed E-state index contributed by atoms with van der Waals surface area (Å²) in [5, 5.41) is 2.45. The summed E-state index contributed by atoms with van der Waals surface area (Å²) in [6.07, 6.45) is -0.643. The first kappa shape index (κ1) is 15.9. The Kier molecular flexibility index (Phi) is 3.72. The lowest BCUT2D eigenvalue weighted by atomic mass is 9.92. The van der Waals surface area contributed by atoms with Crippen LogP contribution in [0.25, 0.3) is 11.0 Å². The number of fused-ring (bicyclic) bond motifs is 2. The van der Waals surface area contributed by atoms with Crippen molar-refractivity contribution in [1.82, 2.24) is 9.97 Å². The van der Waals surface area contributed by atoms with Crippen molar-refractivity contribution in [2.24, 2.45) is 4.99 Å². The van der Waals surface area contributed by atoms with Crippen molar-refractivity contribution in [3.05, 3.63) is 58.9 Å². The van der Waals surface area contributed by atoms with Crippen LogP contribution in [0.15, 0.2) is 41.4 Å². The maximum Gasteiger partial charge on any atom is 0.413 e. The molecular formula is C18H13FN4O3. The molecule has 2 aromatic carbocycles. The van der Waals surface area contributed by atoms with Crippen LogP contribution in [-0.4, -0.2) is 41.2 Å². The highest BCUT2D eigenvalue weighted by atomic mass is 19.1. The molecule has 2 N–H and O–H groups in total. The third-order valence-corrected chi connectivity index (χ3v) is 4.09. The van der Waals surface area contributed by atoms with Crippen LogP contribution in [0.2, 0.25) is 0 Å². The maximum absolute atomic E-state index is 14.4. The largest absolute Gasteiger partial charge is 0.453 e. The predicted octanol–water partition coefficient (Wildman–Crippen LogP) is 2.91. The van der Waals surface area contributed by atoms with Gasteiger partial charge in [-0.1, -0.05) is 18.2 Å². The zero-order valence-electron chi connectivity index (χ0n) is 13.7. The number of ether oxygens (including phenoxy) is 1. The van der Waals surface area contributed by atoms with Crippen molar-refractivity contribution in [2.75, 3.05) is 19.0 Å². The number of halogens is 1. The first-order valence-corrected chi connectivity index (χ1v) is 7.78. The molecule has 0 saturated carbocycles. The fourth-order valence-corrected chi connectivity index (χ4v) is 2.91. The number of aliphatic imine (C=N–C) groups is 1. The molecule has 4 rings (SSSR count). The Morgan fingerprint density at radius 2 is 2.15 bits per heavy atom.